The summed E-state index contributed by atoms with van der Waals surface area (Å²) in [4.78, 5) is 0. The lowest BCUT2D eigenvalue weighted by Gasteiger charge is -2.18. The molecule has 0 bridgehead atoms. The molecule has 0 aromatic heterocycles. The van der Waals surface area contributed by atoms with Crippen molar-refractivity contribution in [2.45, 2.75) is 13.8 Å². The molecule has 122 valence electrons. The van der Waals surface area contributed by atoms with Crippen LogP contribution in [0, 0.1) is 13.8 Å². The second-order valence-corrected chi connectivity index (χ2v) is 6.47. The van der Waals surface area contributed by atoms with Crippen molar-refractivity contribution in [2.75, 3.05) is 5.32 Å². The van der Waals surface area contributed by atoms with Gasteiger partial charge in [-0.1, -0.05) is 66.7 Å². The van der Waals surface area contributed by atoms with Gasteiger partial charge in [0.05, 0.1) is 5.69 Å². The monoisotopic (exact) mass is 323 g/mol. The van der Waals surface area contributed by atoms with Crippen LogP contribution in [-0.4, -0.2) is 0 Å². The molecule has 0 radical (unpaired) electrons. The first kappa shape index (κ1) is 15.5. The Balaban J connectivity index is 2.01. The van der Waals surface area contributed by atoms with E-state index in [4.69, 9.17) is 0 Å². The fourth-order valence-electron chi connectivity index (χ4n) is 3.44. The minimum atomic E-state index is 1.10. The number of benzene rings is 4. The molecule has 0 saturated carbocycles. The first-order valence-corrected chi connectivity index (χ1v) is 8.64. The third kappa shape index (κ3) is 2.89. The summed E-state index contributed by atoms with van der Waals surface area (Å²) in [5.41, 5.74) is 7.38. The number of hydrogen-bond acceptors (Lipinski definition) is 1. The highest BCUT2D eigenvalue weighted by Crippen LogP contribution is 2.39. The average molecular weight is 323 g/mol. The number of hydrogen-bond donors (Lipinski definition) is 1. The lowest BCUT2D eigenvalue weighted by atomic mass is 9.92. The largest absolute Gasteiger partial charge is 0.355 e. The number of nitrogens with one attached hydrogen (secondary N) is 1. The van der Waals surface area contributed by atoms with Gasteiger partial charge in [0, 0.05) is 16.6 Å². The van der Waals surface area contributed by atoms with E-state index in [-0.39, 0.29) is 0 Å². The minimum Gasteiger partial charge on any atom is -0.355 e. The van der Waals surface area contributed by atoms with E-state index in [2.05, 4.69) is 98.0 Å². The van der Waals surface area contributed by atoms with Gasteiger partial charge in [-0.05, 0) is 54.1 Å². The van der Waals surface area contributed by atoms with Gasteiger partial charge >= 0.3 is 0 Å². The highest BCUT2D eigenvalue weighted by Gasteiger charge is 2.13. The highest BCUT2D eigenvalue weighted by molar-refractivity contribution is 6.05. The second kappa shape index (κ2) is 6.45. The fourth-order valence-corrected chi connectivity index (χ4v) is 3.44. The SMILES string of the molecule is Cc1ccccc1-c1cc(C)c2ccccc2c1Nc1ccccc1. The van der Waals surface area contributed by atoms with Gasteiger partial charge < -0.3 is 5.32 Å². The molecule has 4 rings (SSSR count). The van der Waals surface area contributed by atoms with Crippen LogP contribution in [0.5, 0.6) is 0 Å². The van der Waals surface area contributed by atoms with Gasteiger partial charge in [-0.2, -0.15) is 0 Å². The van der Waals surface area contributed by atoms with E-state index >= 15 is 0 Å². The van der Waals surface area contributed by atoms with E-state index in [0.29, 0.717) is 0 Å². The number of rotatable bonds is 3. The van der Waals surface area contributed by atoms with Crippen LogP contribution in [0.3, 0.4) is 0 Å². The summed E-state index contributed by atoms with van der Waals surface area (Å²) >= 11 is 0. The fraction of sp³-hybridized carbons (Fsp3) is 0.0833. The smallest absolute Gasteiger partial charge is 0.0543 e. The molecule has 0 unspecified atom stereocenters. The van der Waals surface area contributed by atoms with Crippen LogP contribution in [0.4, 0.5) is 11.4 Å². The molecule has 0 atom stereocenters. The Bertz CT molecular complexity index is 1030. The maximum Gasteiger partial charge on any atom is 0.0543 e. The zero-order chi connectivity index (χ0) is 17.2. The Labute approximate surface area is 149 Å². The Morgan fingerprint density at radius 2 is 1.20 bits per heavy atom. The van der Waals surface area contributed by atoms with Crippen molar-refractivity contribution in [1.29, 1.82) is 0 Å². The van der Waals surface area contributed by atoms with Crippen LogP contribution in [0.1, 0.15) is 11.1 Å². The molecule has 0 fully saturated rings. The molecule has 1 heteroatoms. The van der Waals surface area contributed by atoms with E-state index in [0.717, 1.165) is 5.69 Å². The predicted octanol–water partition coefficient (Wildman–Crippen LogP) is 6.87. The minimum absolute atomic E-state index is 1.10. The number of fused-ring (bicyclic) bond motifs is 1. The van der Waals surface area contributed by atoms with Crippen LogP contribution in [0.25, 0.3) is 21.9 Å². The summed E-state index contributed by atoms with van der Waals surface area (Å²) in [6.45, 7) is 4.36. The molecule has 0 saturated heterocycles. The summed E-state index contributed by atoms with van der Waals surface area (Å²) in [5.74, 6) is 0. The van der Waals surface area contributed by atoms with Crippen molar-refractivity contribution < 1.29 is 0 Å². The van der Waals surface area contributed by atoms with E-state index in [1.807, 2.05) is 6.07 Å². The lowest BCUT2D eigenvalue weighted by Crippen LogP contribution is -1.97. The number of anilines is 2. The van der Waals surface area contributed by atoms with Crippen LogP contribution >= 0.6 is 0 Å². The van der Waals surface area contributed by atoms with E-state index in [1.54, 1.807) is 0 Å². The molecule has 4 aromatic rings. The van der Waals surface area contributed by atoms with Crippen molar-refractivity contribution in [3.05, 3.63) is 96.1 Å². The van der Waals surface area contributed by atoms with Crippen molar-refractivity contribution in [2.24, 2.45) is 0 Å². The third-order valence-corrected chi connectivity index (χ3v) is 4.73. The zero-order valence-electron chi connectivity index (χ0n) is 14.6. The molecule has 0 heterocycles. The Morgan fingerprint density at radius 1 is 0.560 bits per heavy atom. The molecular formula is C24H21N. The normalized spacial score (nSPS) is 10.8. The number of para-hydroxylation sites is 1. The summed E-state index contributed by atoms with van der Waals surface area (Å²) in [7, 11) is 0. The van der Waals surface area contributed by atoms with Crippen LogP contribution < -0.4 is 5.32 Å². The van der Waals surface area contributed by atoms with Crippen LogP contribution in [-0.2, 0) is 0 Å². The molecular weight excluding hydrogens is 302 g/mol. The summed E-state index contributed by atoms with van der Waals surface area (Å²) in [5, 5.41) is 6.21. The van der Waals surface area contributed by atoms with Crippen molar-refractivity contribution >= 4 is 22.1 Å². The summed E-state index contributed by atoms with van der Waals surface area (Å²) < 4.78 is 0. The maximum atomic E-state index is 3.67. The van der Waals surface area contributed by atoms with E-state index in [9.17, 15) is 0 Å². The zero-order valence-corrected chi connectivity index (χ0v) is 14.6. The molecule has 0 aliphatic carbocycles. The maximum absolute atomic E-state index is 3.67. The molecule has 0 spiro atoms. The van der Waals surface area contributed by atoms with Crippen molar-refractivity contribution in [3.8, 4) is 11.1 Å². The van der Waals surface area contributed by atoms with Crippen LogP contribution in [0.2, 0.25) is 0 Å². The quantitative estimate of drug-likeness (QED) is 0.434. The molecule has 1 nitrogen and oxygen atoms in total. The van der Waals surface area contributed by atoms with Crippen molar-refractivity contribution in [1.82, 2.24) is 0 Å². The average Bonchev–Trinajstić information content (AvgIpc) is 2.65. The van der Waals surface area contributed by atoms with E-state index in [1.165, 1.54) is 38.7 Å². The van der Waals surface area contributed by atoms with E-state index < -0.39 is 0 Å². The first-order chi connectivity index (χ1) is 12.2. The highest BCUT2D eigenvalue weighted by atomic mass is 14.9. The molecule has 0 aliphatic rings. The first-order valence-electron chi connectivity index (χ1n) is 8.64. The van der Waals surface area contributed by atoms with Gasteiger partial charge in [0.15, 0.2) is 0 Å². The molecule has 4 aromatic carbocycles. The lowest BCUT2D eigenvalue weighted by molar-refractivity contribution is 1.44. The molecule has 0 aliphatic heterocycles. The Kier molecular flexibility index (Phi) is 3.99. The molecule has 25 heavy (non-hydrogen) atoms. The molecule has 0 amide bonds. The Hall–Kier alpha value is -3.06. The standard InChI is InChI=1S/C24H21N/c1-17-10-6-7-13-20(17)23-16-18(2)21-14-8-9-15-22(21)24(23)25-19-11-4-3-5-12-19/h3-16,25H,1-2H3. The van der Waals surface area contributed by atoms with Crippen molar-refractivity contribution in [3.63, 3.8) is 0 Å². The topological polar surface area (TPSA) is 12.0 Å². The predicted molar refractivity (Wildman–Crippen MR) is 109 cm³/mol. The van der Waals surface area contributed by atoms with Gasteiger partial charge in [-0.15, -0.1) is 0 Å². The van der Waals surface area contributed by atoms with Gasteiger partial charge in [-0.3, -0.25) is 0 Å². The summed E-state index contributed by atoms with van der Waals surface area (Å²) in [6, 6.07) is 29.9. The summed E-state index contributed by atoms with van der Waals surface area (Å²) in [6.07, 6.45) is 0. The van der Waals surface area contributed by atoms with Gasteiger partial charge in [0.1, 0.15) is 0 Å². The third-order valence-electron chi connectivity index (χ3n) is 4.73. The molecule has 1 N–H and O–H groups in total. The van der Waals surface area contributed by atoms with Crippen LogP contribution in [0.15, 0.2) is 84.9 Å². The van der Waals surface area contributed by atoms with Gasteiger partial charge in [0.2, 0.25) is 0 Å². The Morgan fingerprint density at radius 3 is 1.96 bits per heavy atom. The van der Waals surface area contributed by atoms with Gasteiger partial charge in [0.25, 0.3) is 0 Å². The van der Waals surface area contributed by atoms with Gasteiger partial charge in [-0.25, -0.2) is 0 Å². The second-order valence-electron chi connectivity index (χ2n) is 6.47. The number of aryl methyl sites for hydroxylation is 2.